The van der Waals surface area contributed by atoms with Crippen LogP contribution in [0.3, 0.4) is 0 Å². The molecule has 4 rings (SSSR count). The number of amides is 2. The fraction of sp³-hybridized carbons (Fsp3) is 0.458. The molecule has 2 aliphatic heterocycles. The van der Waals surface area contributed by atoms with E-state index in [0.717, 1.165) is 30.8 Å². The molecular weight excluding hydrogens is 362 g/mol. The number of ether oxygens (including phenoxy) is 1. The summed E-state index contributed by atoms with van der Waals surface area (Å²) in [6, 6.07) is 19.5. The normalized spacial score (nSPS) is 24.0. The Kier molecular flexibility index (Phi) is 6.35. The lowest BCUT2D eigenvalue weighted by Crippen LogP contribution is -2.56. The van der Waals surface area contributed by atoms with Gasteiger partial charge in [0.05, 0.1) is 6.61 Å². The Balaban J connectivity index is 1.32. The highest BCUT2D eigenvalue weighted by atomic mass is 16.5. The number of piperidine rings is 2. The highest BCUT2D eigenvalue weighted by Crippen LogP contribution is 2.35. The van der Waals surface area contributed by atoms with Gasteiger partial charge < -0.3 is 15.4 Å². The van der Waals surface area contributed by atoms with Gasteiger partial charge in [0.2, 0.25) is 0 Å². The summed E-state index contributed by atoms with van der Waals surface area (Å²) in [5.74, 6) is 0.817. The van der Waals surface area contributed by atoms with Gasteiger partial charge >= 0.3 is 6.03 Å². The van der Waals surface area contributed by atoms with Crippen LogP contribution < -0.4 is 15.4 Å². The number of carbonyl (C=O) groups excluding carboxylic acids is 1. The largest absolute Gasteiger partial charge is 0.494 e. The Hall–Kier alpha value is -2.53. The minimum absolute atomic E-state index is 0.117. The molecular formula is C24H31N3O2. The van der Waals surface area contributed by atoms with E-state index in [4.69, 9.17) is 4.74 Å². The fourth-order valence-corrected chi connectivity index (χ4v) is 4.80. The van der Waals surface area contributed by atoms with E-state index in [1.165, 1.54) is 24.8 Å². The van der Waals surface area contributed by atoms with E-state index < -0.39 is 0 Å². The summed E-state index contributed by atoms with van der Waals surface area (Å²) in [7, 11) is 0. The summed E-state index contributed by atoms with van der Waals surface area (Å²) in [5.41, 5.74) is 2.16. The van der Waals surface area contributed by atoms with Crippen molar-refractivity contribution in [2.45, 2.75) is 63.7 Å². The van der Waals surface area contributed by atoms with Crippen molar-refractivity contribution < 1.29 is 9.53 Å². The zero-order valence-corrected chi connectivity index (χ0v) is 17.1. The van der Waals surface area contributed by atoms with Gasteiger partial charge in [-0.1, -0.05) is 36.8 Å². The summed E-state index contributed by atoms with van der Waals surface area (Å²) < 4.78 is 5.45. The second-order valence-corrected chi connectivity index (χ2v) is 8.12. The van der Waals surface area contributed by atoms with Crippen molar-refractivity contribution in [1.82, 2.24) is 10.2 Å². The average Bonchev–Trinajstić information content (AvgIpc) is 2.71. The lowest BCUT2D eigenvalue weighted by atomic mass is 9.81. The summed E-state index contributed by atoms with van der Waals surface area (Å²) in [6.45, 7) is 3.61. The van der Waals surface area contributed by atoms with Crippen LogP contribution in [0.4, 0.5) is 10.5 Å². The van der Waals surface area contributed by atoms with Crippen LogP contribution in [0, 0.1) is 0 Å². The topological polar surface area (TPSA) is 53.6 Å². The number of nitrogens with zero attached hydrogens (tertiary/aromatic N) is 1. The molecule has 2 saturated heterocycles. The van der Waals surface area contributed by atoms with Crippen LogP contribution in [0.15, 0.2) is 54.6 Å². The summed E-state index contributed by atoms with van der Waals surface area (Å²) >= 11 is 0. The predicted molar refractivity (Wildman–Crippen MR) is 116 cm³/mol. The fourth-order valence-electron chi connectivity index (χ4n) is 4.80. The van der Waals surface area contributed by atoms with Crippen LogP contribution in [-0.2, 0) is 6.54 Å². The van der Waals surface area contributed by atoms with E-state index in [1.807, 2.05) is 31.2 Å². The number of urea groups is 1. The molecule has 2 aromatic carbocycles. The van der Waals surface area contributed by atoms with Gasteiger partial charge in [0, 0.05) is 30.4 Å². The van der Waals surface area contributed by atoms with Crippen LogP contribution in [0.2, 0.25) is 0 Å². The Morgan fingerprint density at radius 1 is 1.03 bits per heavy atom. The lowest BCUT2D eigenvalue weighted by molar-refractivity contribution is 0.0200. The van der Waals surface area contributed by atoms with Gasteiger partial charge in [0.15, 0.2) is 0 Å². The first-order valence-electron chi connectivity index (χ1n) is 10.8. The third kappa shape index (κ3) is 5.10. The Bertz CT molecular complexity index is 780. The molecule has 2 fully saturated rings. The monoisotopic (exact) mass is 393 g/mol. The number of hydrogen-bond acceptors (Lipinski definition) is 3. The molecule has 2 aliphatic rings. The van der Waals surface area contributed by atoms with Crippen molar-refractivity contribution in [3.8, 4) is 5.75 Å². The number of carbonyl (C=O) groups is 1. The van der Waals surface area contributed by atoms with Gasteiger partial charge in [0.1, 0.15) is 5.75 Å². The van der Waals surface area contributed by atoms with E-state index in [9.17, 15) is 4.79 Å². The molecule has 0 spiro atoms. The van der Waals surface area contributed by atoms with E-state index in [1.54, 1.807) is 0 Å². The smallest absolute Gasteiger partial charge is 0.319 e. The maximum absolute atomic E-state index is 12.5. The van der Waals surface area contributed by atoms with Gasteiger partial charge in [-0.3, -0.25) is 4.90 Å². The third-order valence-electron chi connectivity index (χ3n) is 6.09. The van der Waals surface area contributed by atoms with E-state index in [2.05, 4.69) is 45.9 Å². The van der Waals surface area contributed by atoms with Gasteiger partial charge in [-0.15, -0.1) is 0 Å². The van der Waals surface area contributed by atoms with Crippen molar-refractivity contribution in [2.75, 3.05) is 11.9 Å². The molecule has 5 heteroatoms. The number of fused-ring (bicyclic) bond motifs is 2. The number of anilines is 1. The molecule has 2 amide bonds. The van der Waals surface area contributed by atoms with Crippen LogP contribution in [0.5, 0.6) is 5.75 Å². The first-order valence-corrected chi connectivity index (χ1v) is 10.8. The van der Waals surface area contributed by atoms with Crippen molar-refractivity contribution in [2.24, 2.45) is 0 Å². The second kappa shape index (κ2) is 9.31. The first kappa shape index (κ1) is 19.8. The quantitative estimate of drug-likeness (QED) is 0.742. The van der Waals surface area contributed by atoms with E-state index in [-0.39, 0.29) is 12.1 Å². The summed E-state index contributed by atoms with van der Waals surface area (Å²) in [6.07, 6.45) is 5.80. The third-order valence-corrected chi connectivity index (χ3v) is 6.09. The zero-order valence-electron chi connectivity index (χ0n) is 17.1. The molecule has 5 nitrogen and oxygen atoms in total. The van der Waals surface area contributed by atoms with Crippen LogP contribution in [0.25, 0.3) is 0 Å². The minimum atomic E-state index is -0.117. The maximum atomic E-state index is 12.5. The van der Waals surface area contributed by atoms with Gasteiger partial charge in [-0.05, 0) is 62.4 Å². The maximum Gasteiger partial charge on any atom is 0.319 e. The summed E-state index contributed by atoms with van der Waals surface area (Å²) in [5, 5.41) is 6.17. The van der Waals surface area contributed by atoms with Crippen molar-refractivity contribution >= 4 is 11.7 Å². The van der Waals surface area contributed by atoms with E-state index >= 15 is 0 Å². The molecule has 2 bridgehead atoms. The molecule has 2 aromatic rings. The Morgan fingerprint density at radius 3 is 2.38 bits per heavy atom. The molecule has 0 saturated carbocycles. The van der Waals surface area contributed by atoms with Crippen molar-refractivity contribution in [1.29, 1.82) is 0 Å². The highest BCUT2D eigenvalue weighted by molar-refractivity contribution is 5.89. The first-order chi connectivity index (χ1) is 14.2. The molecule has 0 aromatic heterocycles. The molecule has 2 heterocycles. The average molecular weight is 394 g/mol. The van der Waals surface area contributed by atoms with Crippen molar-refractivity contribution in [3.05, 3.63) is 60.2 Å². The highest BCUT2D eigenvalue weighted by Gasteiger charge is 2.38. The second-order valence-electron chi connectivity index (χ2n) is 8.12. The number of rotatable bonds is 6. The summed E-state index contributed by atoms with van der Waals surface area (Å²) in [4.78, 5) is 15.2. The molecule has 2 N–H and O–H groups in total. The van der Waals surface area contributed by atoms with Crippen molar-refractivity contribution in [3.63, 3.8) is 0 Å². The van der Waals surface area contributed by atoms with Gasteiger partial charge in [0.25, 0.3) is 0 Å². The van der Waals surface area contributed by atoms with Gasteiger partial charge in [-0.25, -0.2) is 4.79 Å². The molecule has 0 aliphatic carbocycles. The molecule has 2 atom stereocenters. The molecule has 154 valence electrons. The van der Waals surface area contributed by atoms with Crippen LogP contribution >= 0.6 is 0 Å². The number of nitrogens with one attached hydrogen (secondary N) is 2. The predicted octanol–water partition coefficient (Wildman–Crippen LogP) is 4.79. The molecule has 29 heavy (non-hydrogen) atoms. The van der Waals surface area contributed by atoms with Crippen LogP contribution in [-0.4, -0.2) is 35.7 Å². The van der Waals surface area contributed by atoms with Crippen LogP contribution in [0.1, 0.15) is 44.6 Å². The lowest BCUT2D eigenvalue weighted by Gasteiger charge is -2.49. The standard InChI is InChI=1S/C24H31N3O2/c1-2-29-23-13-11-19(12-14-23)25-24(28)26-20-15-21-9-6-10-22(16-20)27(21)17-18-7-4-3-5-8-18/h3-5,7-8,11-14,20-22H,2,6,9-10,15-17H2,1H3,(H2,25,26,28). The minimum Gasteiger partial charge on any atom is -0.494 e. The Labute approximate surface area is 173 Å². The Morgan fingerprint density at radius 2 is 1.72 bits per heavy atom. The van der Waals surface area contributed by atoms with Gasteiger partial charge in [-0.2, -0.15) is 0 Å². The van der Waals surface area contributed by atoms with E-state index in [0.29, 0.717) is 18.7 Å². The number of hydrogen-bond donors (Lipinski definition) is 2. The molecule has 0 radical (unpaired) electrons. The molecule has 2 unspecified atom stereocenters. The zero-order chi connectivity index (χ0) is 20.1. The SMILES string of the molecule is CCOc1ccc(NC(=O)NC2CC3CCCC(C2)N3Cc2ccccc2)cc1. The number of benzene rings is 2.